The highest BCUT2D eigenvalue weighted by atomic mass is 19.1. The number of hydrogen-bond donors (Lipinski definition) is 1. The third-order valence-corrected chi connectivity index (χ3v) is 7.73. The van der Waals surface area contributed by atoms with Crippen molar-refractivity contribution in [2.24, 2.45) is 5.92 Å². The van der Waals surface area contributed by atoms with Gasteiger partial charge in [-0.25, -0.2) is 13.6 Å². The Morgan fingerprint density at radius 3 is 2.41 bits per heavy atom. The lowest BCUT2D eigenvalue weighted by Gasteiger charge is -2.47. The van der Waals surface area contributed by atoms with E-state index in [-0.39, 0.29) is 48.6 Å². The Bertz CT molecular complexity index is 1200. The van der Waals surface area contributed by atoms with Crippen LogP contribution in [0.5, 0.6) is 0 Å². The second-order valence-electron chi connectivity index (χ2n) is 10.2. The number of ether oxygens (including phenoxy) is 1. The summed E-state index contributed by atoms with van der Waals surface area (Å²) >= 11 is 0. The molecule has 196 valence electrons. The van der Waals surface area contributed by atoms with Crippen molar-refractivity contribution in [2.75, 3.05) is 4.90 Å². The highest BCUT2D eigenvalue weighted by molar-refractivity contribution is 5.91. The van der Waals surface area contributed by atoms with E-state index in [1.165, 1.54) is 29.2 Å². The van der Waals surface area contributed by atoms with Gasteiger partial charge in [0.15, 0.2) is 0 Å². The molecule has 2 aromatic rings. The summed E-state index contributed by atoms with van der Waals surface area (Å²) < 4.78 is 33.7. The van der Waals surface area contributed by atoms with Crippen LogP contribution in [0.15, 0.2) is 42.5 Å². The summed E-state index contributed by atoms with van der Waals surface area (Å²) in [5.74, 6) is -2.23. The van der Waals surface area contributed by atoms with E-state index < -0.39 is 24.0 Å². The van der Waals surface area contributed by atoms with Gasteiger partial charge in [-0.05, 0) is 68.0 Å². The maximum Gasteiger partial charge on any atom is 0.415 e. The zero-order valence-corrected chi connectivity index (χ0v) is 20.6. The number of carbonyl (C=O) groups excluding carboxylic acids is 2. The summed E-state index contributed by atoms with van der Waals surface area (Å²) in [5, 5.41) is 9.12. The lowest BCUT2D eigenvalue weighted by molar-refractivity contribution is -0.142. The molecule has 2 amide bonds. The number of carboxylic acid groups (broad SMARTS) is 1. The van der Waals surface area contributed by atoms with E-state index in [1.54, 1.807) is 25.1 Å². The minimum Gasteiger partial charge on any atom is -0.481 e. The number of carboxylic acids is 1. The lowest BCUT2D eigenvalue weighted by atomic mass is 9.81. The van der Waals surface area contributed by atoms with Crippen LogP contribution in [0.25, 0.3) is 0 Å². The van der Waals surface area contributed by atoms with E-state index in [4.69, 9.17) is 9.84 Å². The molecule has 1 N–H and O–H groups in total. The molecule has 1 aliphatic heterocycles. The Morgan fingerprint density at radius 1 is 1.03 bits per heavy atom. The number of fused-ring (bicyclic) bond motifs is 2. The van der Waals surface area contributed by atoms with E-state index in [0.29, 0.717) is 23.2 Å². The van der Waals surface area contributed by atoms with Crippen molar-refractivity contribution in [3.05, 3.63) is 65.2 Å². The van der Waals surface area contributed by atoms with Gasteiger partial charge in [-0.2, -0.15) is 0 Å². The molecule has 4 atom stereocenters. The molecule has 0 radical (unpaired) electrons. The minimum atomic E-state index is -1.03. The first-order valence-electron chi connectivity index (χ1n) is 12.8. The van der Waals surface area contributed by atoms with Gasteiger partial charge in [0.05, 0.1) is 18.2 Å². The molecule has 0 spiro atoms. The monoisotopic (exact) mass is 512 g/mol. The van der Waals surface area contributed by atoms with Gasteiger partial charge in [0.25, 0.3) is 0 Å². The van der Waals surface area contributed by atoms with Crippen molar-refractivity contribution < 1.29 is 33.0 Å². The largest absolute Gasteiger partial charge is 0.481 e. The number of carbonyl (C=O) groups is 3. The molecule has 9 heteroatoms. The quantitative estimate of drug-likeness (QED) is 0.511. The molecule has 0 aromatic heterocycles. The maximum atomic E-state index is 14.5. The van der Waals surface area contributed by atoms with E-state index in [1.807, 2.05) is 4.90 Å². The van der Waals surface area contributed by atoms with Crippen molar-refractivity contribution in [3.63, 3.8) is 0 Å². The van der Waals surface area contributed by atoms with Crippen molar-refractivity contribution in [3.8, 4) is 0 Å². The predicted molar refractivity (Wildman–Crippen MR) is 131 cm³/mol. The Hall–Kier alpha value is -3.49. The van der Waals surface area contributed by atoms with Crippen LogP contribution < -0.4 is 4.90 Å². The van der Waals surface area contributed by atoms with Gasteiger partial charge in [0, 0.05) is 24.4 Å². The van der Waals surface area contributed by atoms with Gasteiger partial charge in [-0.3, -0.25) is 14.5 Å². The number of benzene rings is 2. The number of halogens is 2. The molecule has 2 aliphatic carbocycles. The second-order valence-corrected chi connectivity index (χ2v) is 10.2. The Labute approximate surface area is 214 Å². The smallest absolute Gasteiger partial charge is 0.415 e. The Kier molecular flexibility index (Phi) is 6.88. The summed E-state index contributed by atoms with van der Waals surface area (Å²) in [6.45, 7) is 1.70. The van der Waals surface area contributed by atoms with Crippen molar-refractivity contribution in [1.82, 2.24) is 4.90 Å². The zero-order valence-electron chi connectivity index (χ0n) is 20.6. The number of hydrogen-bond acceptors (Lipinski definition) is 4. The molecule has 0 bridgehead atoms. The van der Waals surface area contributed by atoms with Crippen LogP contribution in [-0.4, -0.2) is 40.1 Å². The van der Waals surface area contributed by atoms with Crippen LogP contribution in [0.4, 0.5) is 19.3 Å². The molecular formula is C28H30F2N2O5. The molecule has 2 saturated carbocycles. The average molecular weight is 513 g/mol. The van der Waals surface area contributed by atoms with Crippen molar-refractivity contribution in [2.45, 2.75) is 76.1 Å². The zero-order chi connectivity index (χ0) is 26.3. The SMILES string of the molecule is CC(OC(=O)N1c2cc(F)ccc2C(N(C(=O)CCC(=O)O)C2CC2)C2CCCC21)c1ccc(F)cc1. The molecule has 1 heterocycles. The first-order valence-corrected chi connectivity index (χ1v) is 12.8. The van der Waals surface area contributed by atoms with E-state index >= 15 is 0 Å². The number of rotatable bonds is 7. The van der Waals surface area contributed by atoms with Gasteiger partial charge >= 0.3 is 12.1 Å². The highest BCUT2D eigenvalue weighted by Crippen LogP contribution is 2.53. The molecule has 7 nitrogen and oxygen atoms in total. The van der Waals surface area contributed by atoms with Gasteiger partial charge in [0.1, 0.15) is 17.7 Å². The van der Waals surface area contributed by atoms with E-state index in [0.717, 1.165) is 25.7 Å². The Morgan fingerprint density at radius 2 is 1.73 bits per heavy atom. The third kappa shape index (κ3) is 5.04. The molecule has 0 saturated heterocycles. The molecular weight excluding hydrogens is 482 g/mol. The number of anilines is 1. The van der Waals surface area contributed by atoms with E-state index in [9.17, 15) is 23.2 Å². The van der Waals surface area contributed by atoms with Crippen LogP contribution in [0.2, 0.25) is 0 Å². The fourth-order valence-corrected chi connectivity index (χ4v) is 5.92. The van der Waals surface area contributed by atoms with Gasteiger partial charge in [0.2, 0.25) is 5.91 Å². The standard InChI is InChI=1S/C28H30F2N2O5/c1-16(17-5-7-18(29)8-6-17)37-28(36)32-23-4-2-3-21(23)27(22-12-9-19(30)15-24(22)32)31(20-10-11-20)25(33)13-14-26(34)35/h5-9,12,15-16,20-21,23,27H,2-4,10-11,13-14H2,1H3,(H,34,35). The third-order valence-electron chi connectivity index (χ3n) is 7.73. The Balaban J connectivity index is 1.49. The number of aliphatic carboxylic acids is 1. The molecule has 2 fully saturated rings. The number of nitrogens with zero attached hydrogens (tertiary/aromatic N) is 2. The van der Waals surface area contributed by atoms with Crippen molar-refractivity contribution >= 4 is 23.7 Å². The molecule has 3 aliphatic rings. The first kappa shape index (κ1) is 25.2. The van der Waals surface area contributed by atoms with Gasteiger partial charge in [-0.15, -0.1) is 0 Å². The summed E-state index contributed by atoms with van der Waals surface area (Å²) in [4.78, 5) is 41.3. The molecule has 37 heavy (non-hydrogen) atoms. The highest BCUT2D eigenvalue weighted by Gasteiger charge is 2.52. The van der Waals surface area contributed by atoms with Gasteiger partial charge in [-0.1, -0.05) is 24.6 Å². The average Bonchev–Trinajstić information content (AvgIpc) is 3.58. The second kappa shape index (κ2) is 10.1. The van der Waals surface area contributed by atoms with Crippen molar-refractivity contribution in [1.29, 1.82) is 0 Å². The minimum absolute atomic E-state index is 0.0162. The van der Waals surface area contributed by atoms with Crippen LogP contribution in [0.3, 0.4) is 0 Å². The van der Waals surface area contributed by atoms with E-state index in [2.05, 4.69) is 0 Å². The number of amides is 2. The fourth-order valence-electron chi connectivity index (χ4n) is 5.92. The van der Waals surface area contributed by atoms with Crippen LogP contribution >= 0.6 is 0 Å². The molecule has 4 unspecified atom stereocenters. The van der Waals surface area contributed by atoms with Crippen LogP contribution in [0, 0.1) is 17.6 Å². The summed E-state index contributed by atoms with van der Waals surface area (Å²) in [6, 6.07) is 9.36. The molecule has 2 aromatic carbocycles. The summed E-state index contributed by atoms with van der Waals surface area (Å²) in [6.07, 6.45) is 2.35. The topological polar surface area (TPSA) is 87.2 Å². The lowest BCUT2D eigenvalue weighted by Crippen LogP contribution is -2.53. The molecule has 5 rings (SSSR count). The predicted octanol–water partition coefficient (Wildman–Crippen LogP) is 5.75. The van der Waals surface area contributed by atoms with Crippen LogP contribution in [-0.2, 0) is 14.3 Å². The van der Waals surface area contributed by atoms with Crippen LogP contribution in [0.1, 0.15) is 75.1 Å². The van der Waals surface area contributed by atoms with Gasteiger partial charge < -0.3 is 14.7 Å². The summed E-state index contributed by atoms with van der Waals surface area (Å²) in [5.41, 5.74) is 1.68. The maximum absolute atomic E-state index is 14.5. The normalized spacial score (nSPS) is 23.1. The first-order chi connectivity index (χ1) is 17.7. The summed E-state index contributed by atoms with van der Waals surface area (Å²) in [7, 11) is 0. The fraction of sp³-hybridized carbons (Fsp3) is 0.464.